The van der Waals surface area contributed by atoms with Crippen LogP contribution in [0.2, 0.25) is 0 Å². The van der Waals surface area contributed by atoms with E-state index in [2.05, 4.69) is 27.9 Å². The fourth-order valence-electron chi connectivity index (χ4n) is 1.59. The van der Waals surface area contributed by atoms with Crippen LogP contribution in [0.25, 0.3) is 0 Å². The zero-order valence-electron chi connectivity index (χ0n) is 11.3. The van der Waals surface area contributed by atoms with E-state index < -0.39 is 17.7 Å². The van der Waals surface area contributed by atoms with Crippen molar-refractivity contribution in [2.45, 2.75) is 0 Å². The van der Waals surface area contributed by atoms with Gasteiger partial charge in [0.05, 0.1) is 0 Å². The Morgan fingerprint density at radius 3 is 2.05 bits per heavy atom. The van der Waals surface area contributed by atoms with Crippen molar-refractivity contribution in [2.24, 2.45) is 0 Å². The Bertz CT molecular complexity index is 712. The number of nitrogens with two attached hydrogens (primary N) is 1. The molecular formula is C15H12IN3O3. The average molecular weight is 409 g/mol. The maximum atomic E-state index is 11.8. The van der Waals surface area contributed by atoms with Crippen LogP contribution in [0.15, 0.2) is 48.5 Å². The van der Waals surface area contributed by atoms with E-state index >= 15 is 0 Å². The van der Waals surface area contributed by atoms with Crippen LogP contribution in [0.3, 0.4) is 0 Å². The molecule has 7 heteroatoms. The number of hydrogen-bond donors (Lipinski definition) is 3. The second-order valence-corrected chi connectivity index (χ2v) is 5.61. The number of amides is 3. The summed E-state index contributed by atoms with van der Waals surface area (Å²) in [5, 5.41) is 4.42. The van der Waals surface area contributed by atoms with Crippen LogP contribution < -0.4 is 16.4 Å². The highest BCUT2D eigenvalue weighted by atomic mass is 127. The summed E-state index contributed by atoms with van der Waals surface area (Å²) in [5.74, 6) is -2.60. The third-order valence-corrected chi connectivity index (χ3v) is 3.43. The molecule has 2 aromatic rings. The van der Waals surface area contributed by atoms with Gasteiger partial charge in [-0.05, 0) is 71.1 Å². The molecule has 0 saturated carbocycles. The van der Waals surface area contributed by atoms with Crippen molar-refractivity contribution in [3.05, 3.63) is 57.7 Å². The first-order chi connectivity index (χ1) is 10.5. The fraction of sp³-hybridized carbons (Fsp3) is 0. The van der Waals surface area contributed by atoms with Gasteiger partial charge in [-0.25, -0.2) is 0 Å². The topological polar surface area (TPSA) is 101 Å². The number of carbonyl (C=O) groups is 3. The fourth-order valence-corrected chi connectivity index (χ4v) is 1.95. The van der Waals surface area contributed by atoms with E-state index in [1.165, 1.54) is 24.3 Å². The Morgan fingerprint density at radius 1 is 0.864 bits per heavy atom. The number of rotatable bonds is 2. The maximum absolute atomic E-state index is 11.8. The van der Waals surface area contributed by atoms with Crippen LogP contribution in [-0.4, -0.2) is 17.7 Å². The number of hydrogen-bond acceptors (Lipinski definition) is 4. The van der Waals surface area contributed by atoms with Gasteiger partial charge in [-0.2, -0.15) is 0 Å². The molecule has 6 nitrogen and oxygen atoms in total. The number of benzene rings is 2. The first-order valence-corrected chi connectivity index (χ1v) is 7.31. The third kappa shape index (κ3) is 4.29. The highest BCUT2D eigenvalue weighted by Gasteiger charge is 2.17. The number of halogens is 1. The van der Waals surface area contributed by atoms with Gasteiger partial charge in [0.2, 0.25) is 0 Å². The molecule has 2 rings (SSSR count). The van der Waals surface area contributed by atoms with Gasteiger partial charge in [0.15, 0.2) is 0 Å². The first kappa shape index (κ1) is 16.0. The van der Waals surface area contributed by atoms with Crippen molar-refractivity contribution in [3.8, 4) is 0 Å². The van der Waals surface area contributed by atoms with E-state index in [9.17, 15) is 14.4 Å². The minimum atomic E-state index is -1.03. The molecular weight excluding hydrogens is 397 g/mol. The predicted octanol–water partition coefficient (Wildman–Crippen LogP) is 1.77. The Kier molecular flexibility index (Phi) is 5.10. The van der Waals surface area contributed by atoms with Gasteiger partial charge in [-0.1, -0.05) is 0 Å². The molecule has 0 heterocycles. The monoisotopic (exact) mass is 409 g/mol. The summed E-state index contributed by atoms with van der Waals surface area (Å²) < 4.78 is 0.999. The van der Waals surface area contributed by atoms with Crippen LogP contribution in [0, 0.1) is 3.57 Å². The van der Waals surface area contributed by atoms with Crippen molar-refractivity contribution in [1.82, 2.24) is 5.32 Å². The number of anilines is 2. The van der Waals surface area contributed by atoms with Gasteiger partial charge in [0.25, 0.3) is 5.91 Å². The molecule has 0 saturated heterocycles. The summed E-state index contributed by atoms with van der Waals surface area (Å²) in [6, 6.07) is 12.9. The second kappa shape index (κ2) is 7.03. The van der Waals surface area contributed by atoms with Crippen molar-refractivity contribution >= 4 is 51.7 Å². The van der Waals surface area contributed by atoms with E-state index in [4.69, 9.17) is 5.73 Å². The van der Waals surface area contributed by atoms with Crippen molar-refractivity contribution in [1.29, 1.82) is 0 Å². The molecule has 22 heavy (non-hydrogen) atoms. The summed E-state index contributed by atoms with van der Waals surface area (Å²) in [6.45, 7) is 0. The normalized spacial score (nSPS) is 9.86. The van der Waals surface area contributed by atoms with Crippen LogP contribution in [0.1, 0.15) is 10.4 Å². The Hall–Kier alpha value is -2.42. The van der Waals surface area contributed by atoms with E-state index in [-0.39, 0.29) is 5.56 Å². The van der Waals surface area contributed by atoms with E-state index in [0.29, 0.717) is 11.4 Å². The molecule has 2 aromatic carbocycles. The molecule has 112 valence electrons. The van der Waals surface area contributed by atoms with Crippen molar-refractivity contribution < 1.29 is 14.4 Å². The number of carbonyl (C=O) groups excluding carboxylic acids is 3. The second-order valence-electron chi connectivity index (χ2n) is 4.37. The van der Waals surface area contributed by atoms with E-state index in [0.717, 1.165) is 3.57 Å². The van der Waals surface area contributed by atoms with Crippen LogP contribution in [0.5, 0.6) is 0 Å². The summed E-state index contributed by atoms with van der Waals surface area (Å²) in [6.07, 6.45) is 0. The van der Waals surface area contributed by atoms with Gasteiger partial charge >= 0.3 is 11.8 Å². The minimum Gasteiger partial charge on any atom is -0.399 e. The molecule has 0 aromatic heterocycles. The lowest BCUT2D eigenvalue weighted by Gasteiger charge is -2.06. The smallest absolute Gasteiger partial charge is 0.316 e. The molecule has 0 unspecified atom stereocenters. The Morgan fingerprint density at radius 2 is 1.45 bits per heavy atom. The SMILES string of the molecule is Nc1ccc(C(=O)NC(=O)C(=O)Nc2ccc(I)cc2)cc1. The Balaban J connectivity index is 1.96. The lowest BCUT2D eigenvalue weighted by molar-refractivity contribution is -0.135. The number of nitrogens with one attached hydrogen (secondary N) is 2. The zero-order valence-corrected chi connectivity index (χ0v) is 13.5. The van der Waals surface area contributed by atoms with Crippen LogP contribution in [-0.2, 0) is 9.59 Å². The summed E-state index contributed by atoms with van der Waals surface area (Å²) >= 11 is 2.12. The molecule has 0 spiro atoms. The third-order valence-electron chi connectivity index (χ3n) is 2.71. The lowest BCUT2D eigenvalue weighted by atomic mass is 10.2. The summed E-state index contributed by atoms with van der Waals surface area (Å²) in [7, 11) is 0. The molecule has 0 aliphatic carbocycles. The molecule has 0 radical (unpaired) electrons. The van der Waals surface area contributed by atoms with E-state index in [1.807, 2.05) is 5.32 Å². The molecule has 0 aliphatic rings. The van der Waals surface area contributed by atoms with Crippen molar-refractivity contribution in [3.63, 3.8) is 0 Å². The van der Waals surface area contributed by atoms with Gasteiger partial charge in [0, 0.05) is 20.5 Å². The van der Waals surface area contributed by atoms with Gasteiger partial charge < -0.3 is 11.1 Å². The Labute approximate surface area is 140 Å². The highest BCUT2D eigenvalue weighted by Crippen LogP contribution is 2.11. The molecule has 0 atom stereocenters. The quantitative estimate of drug-likeness (QED) is 0.400. The molecule has 3 amide bonds. The molecule has 4 N–H and O–H groups in total. The molecule has 0 fully saturated rings. The molecule has 0 aliphatic heterocycles. The van der Waals surface area contributed by atoms with E-state index in [1.54, 1.807) is 24.3 Å². The van der Waals surface area contributed by atoms with Crippen molar-refractivity contribution in [2.75, 3.05) is 11.1 Å². The zero-order chi connectivity index (χ0) is 16.1. The first-order valence-electron chi connectivity index (χ1n) is 6.23. The predicted molar refractivity (Wildman–Crippen MR) is 91.1 cm³/mol. The lowest BCUT2D eigenvalue weighted by Crippen LogP contribution is -2.39. The van der Waals surface area contributed by atoms with Crippen LogP contribution in [0.4, 0.5) is 11.4 Å². The van der Waals surface area contributed by atoms with Crippen LogP contribution >= 0.6 is 22.6 Å². The van der Waals surface area contributed by atoms with Gasteiger partial charge in [-0.3, -0.25) is 19.7 Å². The summed E-state index contributed by atoms with van der Waals surface area (Å²) in [5.41, 5.74) is 6.72. The number of imide groups is 1. The van der Waals surface area contributed by atoms with Gasteiger partial charge in [-0.15, -0.1) is 0 Å². The molecule has 0 bridgehead atoms. The number of nitrogen functional groups attached to an aromatic ring is 1. The standard InChI is InChI=1S/C15H12IN3O3/c16-10-3-7-12(8-4-10)18-14(21)15(22)19-13(20)9-1-5-11(17)6-2-9/h1-8H,17H2,(H,18,21)(H,19,20,22). The maximum Gasteiger partial charge on any atom is 0.316 e. The average Bonchev–Trinajstić information content (AvgIpc) is 2.50. The highest BCUT2D eigenvalue weighted by molar-refractivity contribution is 14.1. The largest absolute Gasteiger partial charge is 0.399 e. The minimum absolute atomic E-state index is 0.240. The summed E-state index contributed by atoms with van der Waals surface area (Å²) in [4.78, 5) is 35.2. The van der Waals surface area contributed by atoms with Gasteiger partial charge in [0.1, 0.15) is 0 Å².